The van der Waals surface area contributed by atoms with Gasteiger partial charge in [-0.15, -0.1) is 0 Å². The van der Waals surface area contributed by atoms with Gasteiger partial charge >= 0.3 is 6.09 Å². The zero-order valence-electron chi connectivity index (χ0n) is 10.6. The smallest absolute Gasteiger partial charge is 0.404 e. The molecule has 7 heteroatoms. The summed E-state index contributed by atoms with van der Waals surface area (Å²) < 4.78 is 19.2. The van der Waals surface area contributed by atoms with Crippen LogP contribution in [0.4, 0.5) is 9.18 Å². The molecule has 0 atom stereocenters. The van der Waals surface area contributed by atoms with Gasteiger partial charge < -0.3 is 15.2 Å². The average molecular weight is 277 g/mol. The van der Waals surface area contributed by atoms with E-state index in [9.17, 15) is 9.18 Å². The average Bonchev–Trinajstić information content (AvgIpc) is 2.46. The molecule has 0 aliphatic heterocycles. The molecule has 2 N–H and O–H groups in total. The van der Waals surface area contributed by atoms with Gasteiger partial charge in [0.1, 0.15) is 0 Å². The first-order valence-corrected chi connectivity index (χ1v) is 5.72. The number of carboxylic acid groups (broad SMARTS) is 1. The van der Waals surface area contributed by atoms with Crippen LogP contribution in [0.5, 0.6) is 5.75 Å². The fraction of sp³-hybridized carbons (Fsp3) is 0.154. The largest absolute Gasteiger partial charge is 0.494 e. The van der Waals surface area contributed by atoms with Gasteiger partial charge in [-0.3, -0.25) is 0 Å². The molecule has 0 fully saturated rings. The molecule has 0 saturated heterocycles. The van der Waals surface area contributed by atoms with Crippen molar-refractivity contribution < 1.29 is 19.0 Å². The Morgan fingerprint density at radius 3 is 2.80 bits per heavy atom. The number of hydrogen-bond acceptors (Lipinski definition) is 4. The molecule has 0 bridgehead atoms. The van der Waals surface area contributed by atoms with Crippen LogP contribution in [0.15, 0.2) is 30.6 Å². The lowest BCUT2D eigenvalue weighted by Gasteiger charge is -2.13. The standard InChI is InChI=1S/C13H12FN3O3/c1-20-11-3-2-9(8-4-5-16-17-6-8)10(12(11)14)7-15-13(18)19/h2-6,15H,7H2,1H3,(H,18,19). The molecule has 104 valence electrons. The third-order valence-corrected chi connectivity index (χ3v) is 2.74. The molecule has 20 heavy (non-hydrogen) atoms. The van der Waals surface area contributed by atoms with Crippen molar-refractivity contribution in [1.29, 1.82) is 0 Å². The summed E-state index contributed by atoms with van der Waals surface area (Å²) in [6.45, 7) is -0.171. The van der Waals surface area contributed by atoms with Crippen LogP contribution in [0.1, 0.15) is 5.56 Å². The fourth-order valence-electron chi connectivity index (χ4n) is 1.81. The van der Waals surface area contributed by atoms with Crippen molar-refractivity contribution in [2.24, 2.45) is 0 Å². The van der Waals surface area contributed by atoms with Crippen LogP contribution in [0, 0.1) is 5.82 Å². The number of ether oxygens (including phenoxy) is 1. The molecule has 1 heterocycles. The minimum Gasteiger partial charge on any atom is -0.494 e. The van der Waals surface area contributed by atoms with Gasteiger partial charge in [0.2, 0.25) is 0 Å². The zero-order chi connectivity index (χ0) is 14.5. The molecule has 6 nitrogen and oxygen atoms in total. The van der Waals surface area contributed by atoms with Crippen LogP contribution >= 0.6 is 0 Å². The van der Waals surface area contributed by atoms with Crippen molar-refractivity contribution in [2.75, 3.05) is 7.11 Å². The van der Waals surface area contributed by atoms with Crippen LogP contribution in [0.3, 0.4) is 0 Å². The lowest BCUT2D eigenvalue weighted by molar-refractivity contribution is 0.194. The topological polar surface area (TPSA) is 84.3 Å². The monoisotopic (exact) mass is 277 g/mol. The van der Waals surface area contributed by atoms with Gasteiger partial charge in [-0.2, -0.15) is 10.2 Å². The first-order chi connectivity index (χ1) is 9.63. The highest BCUT2D eigenvalue weighted by Gasteiger charge is 2.16. The Kier molecular flexibility index (Phi) is 4.09. The number of hydrogen-bond donors (Lipinski definition) is 2. The van der Waals surface area contributed by atoms with Gasteiger partial charge in [0.25, 0.3) is 0 Å². The highest BCUT2D eigenvalue weighted by molar-refractivity contribution is 5.69. The Labute approximate surface area is 114 Å². The van der Waals surface area contributed by atoms with E-state index in [2.05, 4.69) is 15.5 Å². The Bertz CT molecular complexity index is 620. The van der Waals surface area contributed by atoms with Crippen molar-refractivity contribution in [3.05, 3.63) is 42.0 Å². The summed E-state index contributed by atoms with van der Waals surface area (Å²) >= 11 is 0. The SMILES string of the molecule is COc1ccc(-c2ccnnc2)c(CNC(=O)O)c1F. The zero-order valence-corrected chi connectivity index (χ0v) is 10.6. The Balaban J connectivity index is 2.50. The molecule has 0 radical (unpaired) electrons. The predicted molar refractivity (Wildman–Crippen MR) is 68.8 cm³/mol. The highest BCUT2D eigenvalue weighted by Crippen LogP contribution is 2.30. The second-order valence-electron chi connectivity index (χ2n) is 3.90. The van der Waals surface area contributed by atoms with E-state index in [1.165, 1.54) is 25.6 Å². The molecule has 0 aliphatic rings. The van der Waals surface area contributed by atoms with Crippen LogP contribution in [-0.4, -0.2) is 28.5 Å². The number of aromatic nitrogens is 2. The molecule has 1 aromatic heterocycles. The first kappa shape index (κ1) is 13.7. The summed E-state index contributed by atoms with van der Waals surface area (Å²) in [7, 11) is 1.35. The summed E-state index contributed by atoms with van der Waals surface area (Å²) in [6.07, 6.45) is 1.73. The van der Waals surface area contributed by atoms with Crippen LogP contribution in [0.25, 0.3) is 11.1 Å². The summed E-state index contributed by atoms with van der Waals surface area (Å²) in [6, 6.07) is 4.80. The summed E-state index contributed by atoms with van der Waals surface area (Å²) in [5.41, 5.74) is 1.37. The molecule has 0 spiro atoms. The first-order valence-electron chi connectivity index (χ1n) is 5.72. The molecule has 0 saturated carbocycles. The lowest BCUT2D eigenvalue weighted by atomic mass is 10.0. The summed E-state index contributed by atoms with van der Waals surface area (Å²) in [5.74, 6) is -0.548. The van der Waals surface area contributed by atoms with Crippen molar-refractivity contribution in [1.82, 2.24) is 15.5 Å². The minimum absolute atomic E-state index is 0.0537. The van der Waals surface area contributed by atoms with E-state index < -0.39 is 11.9 Å². The number of halogens is 1. The van der Waals surface area contributed by atoms with Crippen LogP contribution < -0.4 is 10.1 Å². The molecule has 1 amide bonds. The third-order valence-electron chi connectivity index (χ3n) is 2.74. The maximum atomic E-state index is 14.3. The van der Waals surface area contributed by atoms with Crippen LogP contribution in [-0.2, 0) is 6.54 Å². The van der Waals surface area contributed by atoms with E-state index in [0.29, 0.717) is 11.1 Å². The number of methoxy groups -OCH3 is 1. The van der Waals surface area contributed by atoms with Crippen molar-refractivity contribution >= 4 is 6.09 Å². The molecule has 2 rings (SSSR count). The number of carbonyl (C=O) groups is 1. The number of rotatable bonds is 4. The molecular weight excluding hydrogens is 265 g/mol. The van der Waals surface area contributed by atoms with E-state index in [1.807, 2.05) is 0 Å². The normalized spacial score (nSPS) is 10.1. The molecule has 2 aromatic rings. The number of amides is 1. The quantitative estimate of drug-likeness (QED) is 0.893. The highest BCUT2D eigenvalue weighted by atomic mass is 19.1. The lowest BCUT2D eigenvalue weighted by Crippen LogP contribution is -2.21. The summed E-state index contributed by atoms with van der Waals surface area (Å²) in [5, 5.41) is 18.2. The van der Waals surface area contributed by atoms with Gasteiger partial charge in [-0.25, -0.2) is 9.18 Å². The van der Waals surface area contributed by atoms with E-state index in [1.54, 1.807) is 12.1 Å². The fourth-order valence-corrected chi connectivity index (χ4v) is 1.81. The van der Waals surface area contributed by atoms with E-state index in [4.69, 9.17) is 9.84 Å². The molecule has 1 aromatic carbocycles. The number of benzene rings is 1. The molecule has 0 unspecified atom stereocenters. The maximum Gasteiger partial charge on any atom is 0.404 e. The molecular formula is C13H12FN3O3. The summed E-state index contributed by atoms with van der Waals surface area (Å²) in [4.78, 5) is 10.6. The number of nitrogens with zero attached hydrogens (tertiary/aromatic N) is 2. The van der Waals surface area contributed by atoms with Gasteiger partial charge in [0.05, 0.1) is 19.5 Å². The van der Waals surface area contributed by atoms with Crippen molar-refractivity contribution in [3.63, 3.8) is 0 Å². The maximum absolute atomic E-state index is 14.3. The third kappa shape index (κ3) is 2.82. The van der Waals surface area contributed by atoms with Crippen molar-refractivity contribution in [3.8, 4) is 16.9 Å². The van der Waals surface area contributed by atoms with E-state index >= 15 is 0 Å². The van der Waals surface area contributed by atoms with Gasteiger partial charge in [-0.1, -0.05) is 6.07 Å². The predicted octanol–water partition coefficient (Wildman–Crippen LogP) is 2.06. The Hall–Kier alpha value is -2.70. The second-order valence-corrected chi connectivity index (χ2v) is 3.90. The Morgan fingerprint density at radius 2 is 2.20 bits per heavy atom. The van der Waals surface area contributed by atoms with Gasteiger partial charge in [-0.05, 0) is 17.7 Å². The van der Waals surface area contributed by atoms with E-state index in [-0.39, 0.29) is 17.9 Å². The molecule has 0 aliphatic carbocycles. The van der Waals surface area contributed by atoms with Gasteiger partial charge in [0.15, 0.2) is 11.6 Å². The number of nitrogens with one attached hydrogen (secondary N) is 1. The van der Waals surface area contributed by atoms with Gasteiger partial charge in [0, 0.05) is 17.7 Å². The van der Waals surface area contributed by atoms with Crippen molar-refractivity contribution in [2.45, 2.75) is 6.54 Å². The van der Waals surface area contributed by atoms with Crippen LogP contribution in [0.2, 0.25) is 0 Å². The Morgan fingerprint density at radius 1 is 1.40 bits per heavy atom. The second kappa shape index (κ2) is 5.96. The van der Waals surface area contributed by atoms with E-state index in [0.717, 1.165) is 0 Å². The minimum atomic E-state index is -1.23.